The van der Waals surface area contributed by atoms with Crippen LogP contribution in [0.2, 0.25) is 0 Å². The van der Waals surface area contributed by atoms with Crippen LogP contribution in [0.25, 0.3) is 10.4 Å². The van der Waals surface area contributed by atoms with Crippen LogP contribution in [-0.4, -0.2) is 12.5 Å². The van der Waals surface area contributed by atoms with Gasteiger partial charge < -0.3 is 0 Å². The normalized spacial score (nSPS) is 11.3. The van der Waals surface area contributed by atoms with Gasteiger partial charge >= 0.3 is 0 Å². The number of carbonyl (C=O) groups excluding carboxylic acids is 1. The largest absolute Gasteiger partial charge is 0.294 e. The van der Waals surface area contributed by atoms with E-state index in [0.717, 1.165) is 5.56 Å². The highest BCUT2D eigenvalue weighted by atomic mass is 16.2. The quantitative estimate of drug-likeness (QED) is 0.192. The van der Waals surface area contributed by atoms with Gasteiger partial charge in [-0.05, 0) is 11.1 Å². The van der Waals surface area contributed by atoms with Crippen molar-refractivity contribution in [3.8, 4) is 0 Å². The summed E-state index contributed by atoms with van der Waals surface area (Å²) in [6.07, 6.45) is 0. The number of nitrogens with one attached hydrogen (secondary N) is 1. The molecule has 0 aromatic heterocycles. The fraction of sp³-hybridized carbons (Fsp3) is 0.222. The molecule has 6 heteroatoms. The summed E-state index contributed by atoms with van der Waals surface area (Å²) in [5, 5.41) is 3.38. The van der Waals surface area contributed by atoms with Crippen molar-refractivity contribution >= 4 is 5.91 Å². The Morgan fingerprint density at radius 1 is 1.53 bits per heavy atom. The predicted octanol–water partition coefficient (Wildman–Crippen LogP) is 1.07. The first-order valence-corrected chi connectivity index (χ1v) is 4.36. The molecule has 0 saturated carbocycles. The Hall–Kier alpha value is -2.04. The Kier molecular flexibility index (Phi) is 4.15. The van der Waals surface area contributed by atoms with Crippen LogP contribution in [0, 0.1) is 0 Å². The maximum absolute atomic E-state index is 11.4. The Labute approximate surface area is 86.7 Å². The zero-order valence-electron chi connectivity index (χ0n) is 8.00. The van der Waals surface area contributed by atoms with Crippen molar-refractivity contribution in [3.05, 3.63) is 46.3 Å². The molecule has 1 aromatic rings. The summed E-state index contributed by atoms with van der Waals surface area (Å²) in [6.45, 7) is 0.0591. The van der Waals surface area contributed by atoms with Gasteiger partial charge in [-0.25, -0.2) is 5.84 Å². The predicted molar refractivity (Wildman–Crippen MR) is 55.5 cm³/mol. The molecule has 0 heterocycles. The second kappa shape index (κ2) is 5.64. The molecule has 6 nitrogen and oxygen atoms in total. The minimum absolute atomic E-state index is 0.0591. The minimum Gasteiger partial charge on any atom is -0.294 e. The van der Waals surface area contributed by atoms with Crippen molar-refractivity contribution in [2.24, 2.45) is 11.0 Å². The van der Waals surface area contributed by atoms with Crippen molar-refractivity contribution in [1.29, 1.82) is 0 Å². The number of amides is 1. The third kappa shape index (κ3) is 2.98. The van der Waals surface area contributed by atoms with Gasteiger partial charge in [0.1, 0.15) is 0 Å². The maximum atomic E-state index is 11.4. The summed E-state index contributed by atoms with van der Waals surface area (Å²) >= 11 is 0. The van der Waals surface area contributed by atoms with Crippen molar-refractivity contribution < 1.29 is 4.79 Å². The molecule has 0 saturated heterocycles. The van der Waals surface area contributed by atoms with Crippen LogP contribution < -0.4 is 11.3 Å². The second-order valence-electron chi connectivity index (χ2n) is 2.89. The monoisotopic (exact) mass is 205 g/mol. The highest BCUT2D eigenvalue weighted by Crippen LogP contribution is 2.15. The van der Waals surface area contributed by atoms with E-state index >= 15 is 0 Å². The zero-order valence-corrected chi connectivity index (χ0v) is 8.00. The van der Waals surface area contributed by atoms with E-state index in [1.165, 1.54) is 0 Å². The summed E-state index contributed by atoms with van der Waals surface area (Å²) in [5.41, 5.74) is 11.0. The average molecular weight is 205 g/mol. The highest BCUT2D eigenvalue weighted by Gasteiger charge is 2.18. The number of azide groups is 1. The Morgan fingerprint density at radius 2 is 2.20 bits per heavy atom. The molecule has 1 amide bonds. The molecule has 1 rings (SSSR count). The fourth-order valence-electron chi connectivity index (χ4n) is 1.24. The molecule has 0 aliphatic heterocycles. The lowest BCUT2D eigenvalue weighted by Crippen LogP contribution is -2.35. The Bertz CT molecular complexity index is 371. The first-order chi connectivity index (χ1) is 7.29. The number of hydrazine groups is 1. The van der Waals surface area contributed by atoms with E-state index in [1.807, 2.05) is 18.2 Å². The molecule has 1 atom stereocenters. The second-order valence-corrected chi connectivity index (χ2v) is 2.89. The van der Waals surface area contributed by atoms with Gasteiger partial charge in [0.15, 0.2) is 0 Å². The number of carbonyl (C=O) groups is 1. The van der Waals surface area contributed by atoms with Crippen LogP contribution in [-0.2, 0) is 4.79 Å². The van der Waals surface area contributed by atoms with E-state index in [0.29, 0.717) is 0 Å². The summed E-state index contributed by atoms with van der Waals surface area (Å²) < 4.78 is 0. The van der Waals surface area contributed by atoms with E-state index in [4.69, 9.17) is 11.4 Å². The highest BCUT2D eigenvalue weighted by molar-refractivity contribution is 5.83. The number of nitrogens with zero attached hydrogens (tertiary/aromatic N) is 3. The zero-order chi connectivity index (χ0) is 11.1. The van der Waals surface area contributed by atoms with E-state index in [-0.39, 0.29) is 12.5 Å². The topological polar surface area (TPSA) is 104 Å². The van der Waals surface area contributed by atoms with Crippen LogP contribution in [0.5, 0.6) is 0 Å². The number of rotatable bonds is 4. The third-order valence-corrected chi connectivity index (χ3v) is 1.99. The van der Waals surface area contributed by atoms with Gasteiger partial charge in [-0.15, -0.1) is 0 Å². The van der Waals surface area contributed by atoms with Crippen molar-refractivity contribution in [2.45, 2.75) is 5.92 Å². The van der Waals surface area contributed by atoms with Crippen LogP contribution >= 0.6 is 0 Å². The minimum atomic E-state index is -0.535. The molecule has 15 heavy (non-hydrogen) atoms. The first-order valence-electron chi connectivity index (χ1n) is 4.36. The lowest BCUT2D eigenvalue weighted by atomic mass is 9.99. The third-order valence-electron chi connectivity index (χ3n) is 1.99. The molecular formula is C9H11N5O. The van der Waals surface area contributed by atoms with Crippen LogP contribution in [0.3, 0.4) is 0 Å². The average Bonchev–Trinajstić information content (AvgIpc) is 2.30. The standard InChI is InChI=1S/C9H11N5O/c10-13-9(15)8(6-12-14-11)7-4-2-1-3-5-7/h1-5,8H,6,10H2,(H,13,15). The lowest BCUT2D eigenvalue weighted by molar-refractivity contribution is -0.122. The number of benzene rings is 1. The molecule has 1 aromatic carbocycles. The van der Waals surface area contributed by atoms with Crippen LogP contribution in [0.4, 0.5) is 0 Å². The van der Waals surface area contributed by atoms with Gasteiger partial charge in [0.25, 0.3) is 0 Å². The van der Waals surface area contributed by atoms with Crippen LogP contribution in [0.15, 0.2) is 35.4 Å². The van der Waals surface area contributed by atoms with E-state index in [2.05, 4.69) is 15.5 Å². The van der Waals surface area contributed by atoms with E-state index < -0.39 is 5.92 Å². The molecule has 3 N–H and O–H groups in total. The summed E-state index contributed by atoms with van der Waals surface area (Å²) in [5.74, 6) is 4.15. The molecule has 0 aliphatic rings. The SMILES string of the molecule is [N-]=[N+]=NCC(C(=O)NN)c1ccccc1. The van der Waals surface area contributed by atoms with E-state index in [9.17, 15) is 4.79 Å². The number of hydrogen-bond acceptors (Lipinski definition) is 3. The Balaban J connectivity index is 2.90. The van der Waals surface area contributed by atoms with Crippen molar-refractivity contribution in [1.82, 2.24) is 5.43 Å². The first kappa shape index (κ1) is 11.0. The molecule has 0 fully saturated rings. The fourth-order valence-corrected chi connectivity index (χ4v) is 1.24. The summed E-state index contributed by atoms with van der Waals surface area (Å²) in [4.78, 5) is 14.0. The van der Waals surface area contributed by atoms with Gasteiger partial charge in [-0.3, -0.25) is 10.2 Å². The van der Waals surface area contributed by atoms with Crippen LogP contribution in [0.1, 0.15) is 11.5 Å². The van der Waals surface area contributed by atoms with Gasteiger partial charge in [-0.2, -0.15) is 0 Å². The summed E-state index contributed by atoms with van der Waals surface area (Å²) in [6, 6.07) is 9.03. The number of hydrogen-bond donors (Lipinski definition) is 2. The van der Waals surface area contributed by atoms with Gasteiger partial charge in [0.2, 0.25) is 5.91 Å². The van der Waals surface area contributed by atoms with Crippen molar-refractivity contribution in [2.75, 3.05) is 6.54 Å². The Morgan fingerprint density at radius 3 is 2.73 bits per heavy atom. The smallest absolute Gasteiger partial charge is 0.241 e. The molecule has 1 unspecified atom stereocenters. The molecule has 0 aliphatic carbocycles. The summed E-state index contributed by atoms with van der Waals surface area (Å²) in [7, 11) is 0. The van der Waals surface area contributed by atoms with E-state index in [1.54, 1.807) is 12.1 Å². The van der Waals surface area contributed by atoms with Crippen molar-refractivity contribution in [3.63, 3.8) is 0 Å². The molecule has 0 bridgehead atoms. The lowest BCUT2D eigenvalue weighted by Gasteiger charge is -2.12. The molecule has 0 radical (unpaired) electrons. The van der Waals surface area contributed by atoms with Gasteiger partial charge in [0.05, 0.1) is 5.92 Å². The maximum Gasteiger partial charge on any atom is 0.241 e. The van der Waals surface area contributed by atoms with Gasteiger partial charge in [-0.1, -0.05) is 35.4 Å². The molecule has 78 valence electrons. The molecular weight excluding hydrogens is 194 g/mol. The van der Waals surface area contributed by atoms with Gasteiger partial charge in [0, 0.05) is 11.5 Å². The number of nitrogens with two attached hydrogens (primary N) is 1. The molecule has 0 spiro atoms.